The summed E-state index contributed by atoms with van der Waals surface area (Å²) in [6.45, 7) is 1.89. The van der Waals surface area contributed by atoms with Crippen LogP contribution in [0.15, 0.2) is 22.0 Å². The molecule has 0 saturated carbocycles. The van der Waals surface area contributed by atoms with Gasteiger partial charge in [-0.05, 0) is 17.9 Å². The van der Waals surface area contributed by atoms with Gasteiger partial charge in [-0.15, -0.1) is 11.3 Å². The highest BCUT2D eigenvalue weighted by atomic mass is 32.1. The van der Waals surface area contributed by atoms with Gasteiger partial charge < -0.3 is 19.9 Å². The predicted molar refractivity (Wildman–Crippen MR) is 93.2 cm³/mol. The third-order valence-corrected chi connectivity index (χ3v) is 4.00. The maximum atomic E-state index is 11.7. The number of carbonyl (C=O) groups excluding carboxylic acids is 3. The zero-order valence-corrected chi connectivity index (χ0v) is 15.1. The smallest absolute Gasteiger partial charge is 0.306 e. The van der Waals surface area contributed by atoms with Gasteiger partial charge >= 0.3 is 5.97 Å². The molecule has 0 aliphatic heterocycles. The Morgan fingerprint density at radius 3 is 2.85 bits per heavy atom. The summed E-state index contributed by atoms with van der Waals surface area (Å²) >= 11 is 1.49. The molecular weight excluding hydrogens is 360 g/mol. The minimum Gasteiger partial charge on any atom is -0.456 e. The topological polar surface area (TPSA) is 123 Å². The lowest BCUT2D eigenvalue weighted by atomic mass is 10.3. The van der Waals surface area contributed by atoms with E-state index in [1.807, 2.05) is 24.4 Å². The average Bonchev–Trinajstić information content (AvgIpc) is 3.32. The van der Waals surface area contributed by atoms with E-state index in [0.29, 0.717) is 18.3 Å². The number of hydrogen-bond donors (Lipinski definition) is 2. The Morgan fingerprint density at radius 2 is 2.12 bits per heavy atom. The first-order valence-corrected chi connectivity index (χ1v) is 9.02. The fraction of sp³-hybridized carbons (Fsp3) is 0.438. The van der Waals surface area contributed by atoms with Gasteiger partial charge in [-0.2, -0.15) is 4.98 Å². The number of nitrogens with zero attached hydrogens (tertiary/aromatic N) is 2. The lowest BCUT2D eigenvalue weighted by molar-refractivity contribution is -0.148. The van der Waals surface area contributed by atoms with E-state index >= 15 is 0 Å². The number of nitrogens with one attached hydrogen (secondary N) is 2. The van der Waals surface area contributed by atoms with Gasteiger partial charge in [0.1, 0.15) is 0 Å². The Kier molecular flexibility index (Phi) is 7.75. The van der Waals surface area contributed by atoms with Crippen LogP contribution in [0.1, 0.15) is 25.7 Å². The van der Waals surface area contributed by atoms with Gasteiger partial charge in [0.05, 0.1) is 17.8 Å². The Morgan fingerprint density at radius 1 is 1.27 bits per heavy atom. The molecule has 2 aromatic heterocycles. The van der Waals surface area contributed by atoms with Crippen LogP contribution in [0.2, 0.25) is 0 Å². The first kappa shape index (κ1) is 19.6. The van der Waals surface area contributed by atoms with Gasteiger partial charge in [-0.3, -0.25) is 14.4 Å². The fourth-order valence-electron chi connectivity index (χ4n) is 1.85. The molecular formula is C16H20N4O5S. The van der Waals surface area contributed by atoms with Gasteiger partial charge in [0.25, 0.3) is 5.91 Å². The van der Waals surface area contributed by atoms with Crippen molar-refractivity contribution >= 4 is 29.1 Å². The standard InChI is InChI=1S/C16H20N4O5S/c1-2-7-17-12(21)9-18-13(22)10-24-15(23)6-5-14-19-16(20-25-14)11-4-3-8-26-11/h3-4,8H,2,5-7,9-10H2,1H3,(H,17,21)(H,18,22). The number of aromatic nitrogens is 2. The van der Waals surface area contributed by atoms with E-state index in [1.54, 1.807) is 0 Å². The highest BCUT2D eigenvalue weighted by Gasteiger charge is 2.13. The van der Waals surface area contributed by atoms with Crippen LogP contribution >= 0.6 is 11.3 Å². The SMILES string of the molecule is CCCNC(=O)CNC(=O)COC(=O)CCc1nc(-c2cccs2)no1. The molecule has 2 aromatic rings. The summed E-state index contributed by atoms with van der Waals surface area (Å²) < 4.78 is 9.92. The predicted octanol–water partition coefficient (Wildman–Crippen LogP) is 0.916. The molecule has 0 bridgehead atoms. The summed E-state index contributed by atoms with van der Waals surface area (Å²) in [6, 6.07) is 3.75. The van der Waals surface area contributed by atoms with Crippen LogP contribution < -0.4 is 10.6 Å². The van der Waals surface area contributed by atoms with Crippen LogP contribution in [0, 0.1) is 0 Å². The van der Waals surface area contributed by atoms with Gasteiger partial charge in [0, 0.05) is 13.0 Å². The number of ether oxygens (including phenoxy) is 1. The zero-order valence-electron chi connectivity index (χ0n) is 14.3. The third-order valence-electron chi connectivity index (χ3n) is 3.14. The lowest BCUT2D eigenvalue weighted by Gasteiger charge is -2.06. The number of carbonyl (C=O) groups is 3. The molecule has 2 heterocycles. The molecule has 0 aliphatic rings. The van der Waals surface area contributed by atoms with Gasteiger partial charge in [-0.25, -0.2) is 0 Å². The summed E-state index contributed by atoms with van der Waals surface area (Å²) in [7, 11) is 0. The summed E-state index contributed by atoms with van der Waals surface area (Å²) in [5.41, 5.74) is 0. The molecule has 0 saturated heterocycles. The molecule has 26 heavy (non-hydrogen) atoms. The van der Waals surface area contributed by atoms with Crippen LogP contribution in [0.25, 0.3) is 10.7 Å². The summed E-state index contributed by atoms with van der Waals surface area (Å²) in [6.07, 6.45) is 1.04. The molecule has 9 nitrogen and oxygen atoms in total. The molecule has 10 heteroatoms. The molecule has 0 spiro atoms. The van der Waals surface area contributed by atoms with Crippen molar-refractivity contribution in [3.63, 3.8) is 0 Å². The number of thiophene rings is 1. The van der Waals surface area contributed by atoms with Crippen molar-refractivity contribution in [2.24, 2.45) is 0 Å². The van der Waals surface area contributed by atoms with Crippen molar-refractivity contribution in [3.8, 4) is 10.7 Å². The molecule has 140 valence electrons. The van der Waals surface area contributed by atoms with E-state index in [-0.39, 0.29) is 25.3 Å². The minimum absolute atomic E-state index is 0.0103. The maximum absolute atomic E-state index is 11.7. The maximum Gasteiger partial charge on any atom is 0.306 e. The highest BCUT2D eigenvalue weighted by molar-refractivity contribution is 7.13. The van der Waals surface area contributed by atoms with Crippen molar-refractivity contribution in [2.45, 2.75) is 26.2 Å². The number of aryl methyl sites for hydroxylation is 1. The normalized spacial score (nSPS) is 10.3. The van der Waals surface area contributed by atoms with Crippen LogP contribution in [0.5, 0.6) is 0 Å². The molecule has 0 unspecified atom stereocenters. The van der Waals surface area contributed by atoms with E-state index in [1.165, 1.54) is 11.3 Å². The van der Waals surface area contributed by atoms with Crippen LogP contribution in [0.4, 0.5) is 0 Å². The molecule has 0 fully saturated rings. The van der Waals surface area contributed by atoms with E-state index in [4.69, 9.17) is 9.26 Å². The van der Waals surface area contributed by atoms with E-state index in [2.05, 4.69) is 20.8 Å². The minimum atomic E-state index is -0.563. The fourth-order valence-corrected chi connectivity index (χ4v) is 2.50. The summed E-state index contributed by atoms with van der Waals surface area (Å²) in [4.78, 5) is 39.6. The largest absolute Gasteiger partial charge is 0.456 e. The summed E-state index contributed by atoms with van der Waals surface area (Å²) in [5, 5.41) is 10.7. The van der Waals surface area contributed by atoms with Crippen molar-refractivity contribution in [2.75, 3.05) is 19.7 Å². The van der Waals surface area contributed by atoms with Crippen LogP contribution in [-0.4, -0.2) is 47.6 Å². The average molecular weight is 380 g/mol. The number of hydrogen-bond acceptors (Lipinski definition) is 8. The first-order valence-electron chi connectivity index (χ1n) is 8.14. The molecule has 2 amide bonds. The molecule has 2 N–H and O–H groups in total. The van der Waals surface area contributed by atoms with E-state index in [0.717, 1.165) is 11.3 Å². The van der Waals surface area contributed by atoms with Crippen molar-refractivity contribution in [1.82, 2.24) is 20.8 Å². The highest BCUT2D eigenvalue weighted by Crippen LogP contribution is 2.21. The van der Waals surface area contributed by atoms with Crippen LogP contribution in [0.3, 0.4) is 0 Å². The second-order valence-corrected chi connectivity index (χ2v) is 6.22. The van der Waals surface area contributed by atoms with Gasteiger partial charge in [0.15, 0.2) is 6.61 Å². The number of rotatable bonds is 10. The monoisotopic (exact) mass is 380 g/mol. The third kappa shape index (κ3) is 6.63. The second-order valence-electron chi connectivity index (χ2n) is 5.28. The Labute approximate surface area is 154 Å². The van der Waals surface area contributed by atoms with Crippen molar-refractivity contribution in [3.05, 3.63) is 23.4 Å². The Balaban J connectivity index is 1.63. The van der Waals surface area contributed by atoms with Crippen molar-refractivity contribution in [1.29, 1.82) is 0 Å². The molecule has 0 atom stereocenters. The second kappa shape index (κ2) is 10.3. The first-order chi connectivity index (χ1) is 12.6. The van der Waals surface area contributed by atoms with Crippen molar-refractivity contribution < 1.29 is 23.6 Å². The Hall–Kier alpha value is -2.75. The van der Waals surface area contributed by atoms with Gasteiger partial charge in [-0.1, -0.05) is 18.1 Å². The summed E-state index contributed by atoms with van der Waals surface area (Å²) in [5.74, 6) is -0.592. The van der Waals surface area contributed by atoms with Crippen LogP contribution in [-0.2, 0) is 25.5 Å². The quantitative estimate of drug-likeness (QED) is 0.587. The molecule has 0 aromatic carbocycles. The van der Waals surface area contributed by atoms with E-state index < -0.39 is 18.5 Å². The van der Waals surface area contributed by atoms with E-state index in [9.17, 15) is 14.4 Å². The number of esters is 1. The molecule has 0 radical (unpaired) electrons. The number of amides is 2. The van der Waals surface area contributed by atoms with Gasteiger partial charge in [0.2, 0.25) is 17.6 Å². The molecule has 0 aliphatic carbocycles. The Bertz CT molecular complexity index is 729. The lowest BCUT2D eigenvalue weighted by Crippen LogP contribution is -2.38. The zero-order chi connectivity index (χ0) is 18.8. The molecule has 2 rings (SSSR count).